The Balaban J connectivity index is 1.83. The minimum atomic E-state index is 0.0903. The van der Waals surface area contributed by atoms with Gasteiger partial charge < -0.3 is 9.15 Å². The molecule has 3 aromatic carbocycles. The maximum Gasteiger partial charge on any atom is 0.248 e. The molecule has 3 heteroatoms. The molecule has 0 atom stereocenters. The maximum atomic E-state index is 6.49. The normalized spacial score (nSPS) is 13.5. The number of anilines is 3. The lowest BCUT2D eigenvalue weighted by Gasteiger charge is -2.29. The number of fused-ring (bicyclic) bond motifs is 4. The molecule has 0 unspecified atom stereocenters. The van der Waals surface area contributed by atoms with Gasteiger partial charge in [0.1, 0.15) is 12.2 Å². The SMILES string of the molecule is Cc1ccc2c(c1)COc1c(oc3ccc(C)cc13)N2c1c(C)cc(C(C)(C)C)cc1C. The van der Waals surface area contributed by atoms with Gasteiger partial charge in [-0.3, -0.25) is 4.90 Å². The Kier molecular flexibility index (Phi) is 4.63. The zero-order chi connectivity index (χ0) is 22.8. The Bertz CT molecular complexity index is 1330. The van der Waals surface area contributed by atoms with E-state index < -0.39 is 0 Å². The second-order valence-electron chi connectivity index (χ2n) is 10.2. The van der Waals surface area contributed by atoms with Crippen molar-refractivity contribution in [1.29, 1.82) is 0 Å². The van der Waals surface area contributed by atoms with Gasteiger partial charge in [0, 0.05) is 5.56 Å². The molecule has 4 aromatic rings. The molecule has 0 amide bonds. The predicted molar refractivity (Wildman–Crippen MR) is 133 cm³/mol. The summed E-state index contributed by atoms with van der Waals surface area (Å²) in [6.07, 6.45) is 0. The highest BCUT2D eigenvalue weighted by Gasteiger charge is 2.31. The van der Waals surface area contributed by atoms with Gasteiger partial charge in [0.2, 0.25) is 5.88 Å². The molecule has 0 spiro atoms. The van der Waals surface area contributed by atoms with Gasteiger partial charge in [-0.05, 0) is 68.0 Å². The molecule has 32 heavy (non-hydrogen) atoms. The third-order valence-corrected chi connectivity index (χ3v) is 6.41. The number of nitrogens with zero attached hydrogens (tertiary/aromatic N) is 1. The molecule has 0 saturated carbocycles. The fourth-order valence-electron chi connectivity index (χ4n) is 4.73. The van der Waals surface area contributed by atoms with E-state index in [0.717, 1.165) is 39.5 Å². The van der Waals surface area contributed by atoms with E-state index in [1.54, 1.807) is 0 Å². The smallest absolute Gasteiger partial charge is 0.248 e. The first-order valence-corrected chi connectivity index (χ1v) is 11.3. The molecule has 0 saturated heterocycles. The van der Waals surface area contributed by atoms with Crippen LogP contribution in [-0.2, 0) is 12.0 Å². The van der Waals surface area contributed by atoms with E-state index >= 15 is 0 Å². The Hall–Kier alpha value is -3.20. The average molecular weight is 426 g/mol. The highest BCUT2D eigenvalue weighted by Crippen LogP contribution is 2.51. The van der Waals surface area contributed by atoms with Gasteiger partial charge in [-0.25, -0.2) is 0 Å². The van der Waals surface area contributed by atoms with Crippen LogP contribution in [0.5, 0.6) is 5.75 Å². The van der Waals surface area contributed by atoms with Crippen LogP contribution in [-0.4, -0.2) is 0 Å². The predicted octanol–water partition coefficient (Wildman–Crippen LogP) is 8.33. The van der Waals surface area contributed by atoms with Crippen molar-refractivity contribution in [1.82, 2.24) is 0 Å². The molecule has 0 fully saturated rings. The van der Waals surface area contributed by atoms with Crippen molar-refractivity contribution in [3.63, 3.8) is 0 Å². The fourth-order valence-corrected chi connectivity index (χ4v) is 4.73. The van der Waals surface area contributed by atoms with Gasteiger partial charge in [-0.1, -0.05) is 62.2 Å². The minimum absolute atomic E-state index is 0.0903. The molecule has 0 N–H and O–H groups in total. The van der Waals surface area contributed by atoms with Crippen LogP contribution in [0.4, 0.5) is 17.3 Å². The van der Waals surface area contributed by atoms with Crippen molar-refractivity contribution in [3.05, 3.63) is 81.9 Å². The molecule has 0 radical (unpaired) electrons. The van der Waals surface area contributed by atoms with E-state index in [-0.39, 0.29) is 5.41 Å². The summed E-state index contributed by atoms with van der Waals surface area (Å²) < 4.78 is 12.9. The zero-order valence-corrected chi connectivity index (χ0v) is 20.1. The van der Waals surface area contributed by atoms with Crippen LogP contribution < -0.4 is 9.64 Å². The van der Waals surface area contributed by atoms with Crippen molar-refractivity contribution in [2.24, 2.45) is 0 Å². The highest BCUT2D eigenvalue weighted by molar-refractivity contribution is 5.95. The van der Waals surface area contributed by atoms with Crippen LogP contribution in [0.3, 0.4) is 0 Å². The van der Waals surface area contributed by atoms with Crippen LogP contribution in [0.1, 0.15) is 54.2 Å². The molecule has 0 aliphatic carbocycles. The molecule has 164 valence electrons. The van der Waals surface area contributed by atoms with E-state index in [1.807, 2.05) is 6.07 Å². The summed E-state index contributed by atoms with van der Waals surface area (Å²) in [4.78, 5) is 2.27. The Morgan fingerprint density at radius 1 is 0.812 bits per heavy atom. The van der Waals surface area contributed by atoms with E-state index in [2.05, 4.69) is 95.8 Å². The highest BCUT2D eigenvalue weighted by atomic mass is 16.5. The Morgan fingerprint density at radius 2 is 1.47 bits per heavy atom. The van der Waals surface area contributed by atoms with E-state index in [0.29, 0.717) is 6.61 Å². The lowest BCUT2D eigenvalue weighted by Crippen LogP contribution is -2.16. The largest absolute Gasteiger partial charge is 0.483 e. The molecular weight excluding hydrogens is 394 g/mol. The van der Waals surface area contributed by atoms with Crippen molar-refractivity contribution in [3.8, 4) is 5.75 Å². The second-order valence-corrected chi connectivity index (χ2v) is 10.2. The lowest BCUT2D eigenvalue weighted by atomic mass is 9.84. The van der Waals surface area contributed by atoms with Gasteiger partial charge in [0.25, 0.3) is 0 Å². The zero-order valence-electron chi connectivity index (χ0n) is 20.1. The van der Waals surface area contributed by atoms with Crippen LogP contribution in [0.15, 0.2) is 52.9 Å². The lowest BCUT2D eigenvalue weighted by molar-refractivity contribution is 0.311. The Morgan fingerprint density at radius 3 is 2.16 bits per heavy atom. The number of furan rings is 1. The first-order chi connectivity index (χ1) is 15.1. The molecule has 2 heterocycles. The molecule has 5 rings (SSSR count). The van der Waals surface area contributed by atoms with Gasteiger partial charge >= 0.3 is 0 Å². The number of ether oxygens (including phenoxy) is 1. The van der Waals surface area contributed by atoms with Crippen LogP contribution in [0, 0.1) is 27.7 Å². The molecular formula is C29H31NO2. The summed E-state index contributed by atoms with van der Waals surface area (Å²) in [5.41, 5.74) is 10.6. The van der Waals surface area contributed by atoms with Crippen molar-refractivity contribution in [2.75, 3.05) is 4.90 Å². The summed E-state index contributed by atoms with van der Waals surface area (Å²) in [5, 5.41) is 1.02. The maximum absolute atomic E-state index is 6.49. The topological polar surface area (TPSA) is 25.6 Å². The molecule has 0 bridgehead atoms. The van der Waals surface area contributed by atoms with Gasteiger partial charge in [-0.2, -0.15) is 0 Å². The molecule has 1 aromatic heterocycles. The fraction of sp³-hybridized carbons (Fsp3) is 0.310. The summed E-state index contributed by atoms with van der Waals surface area (Å²) in [5.74, 6) is 1.57. The standard InChI is InChI=1S/C29H31NO2/c1-17-8-10-24-21(12-17)16-31-27-23-13-18(2)9-11-25(23)32-28(27)30(24)26-19(3)14-22(15-20(26)4)29(5,6)7/h8-15H,16H2,1-7H3. The van der Waals surface area contributed by atoms with Crippen LogP contribution >= 0.6 is 0 Å². The summed E-state index contributed by atoms with van der Waals surface area (Å²) in [6, 6.07) is 17.5. The average Bonchev–Trinajstić information content (AvgIpc) is 2.98. The number of aryl methyl sites for hydroxylation is 4. The quantitative estimate of drug-likeness (QED) is 0.306. The third kappa shape index (κ3) is 3.28. The second kappa shape index (κ2) is 7.16. The van der Waals surface area contributed by atoms with E-state index in [4.69, 9.17) is 9.15 Å². The number of rotatable bonds is 1. The monoisotopic (exact) mass is 425 g/mol. The van der Waals surface area contributed by atoms with Crippen molar-refractivity contribution in [2.45, 2.75) is 60.5 Å². The molecule has 3 nitrogen and oxygen atoms in total. The number of hydrogen-bond donors (Lipinski definition) is 0. The van der Waals surface area contributed by atoms with Gasteiger partial charge in [-0.15, -0.1) is 0 Å². The summed E-state index contributed by atoms with van der Waals surface area (Å²) in [7, 11) is 0. The summed E-state index contributed by atoms with van der Waals surface area (Å²) in [6.45, 7) is 15.9. The number of benzene rings is 3. The van der Waals surface area contributed by atoms with Crippen molar-refractivity contribution < 1.29 is 9.15 Å². The molecule has 1 aliphatic rings. The third-order valence-electron chi connectivity index (χ3n) is 6.41. The van der Waals surface area contributed by atoms with Crippen LogP contribution in [0.2, 0.25) is 0 Å². The van der Waals surface area contributed by atoms with E-state index in [1.165, 1.54) is 27.8 Å². The minimum Gasteiger partial charge on any atom is -0.483 e. The van der Waals surface area contributed by atoms with Gasteiger partial charge in [0.05, 0.1) is 16.8 Å². The van der Waals surface area contributed by atoms with Crippen molar-refractivity contribution >= 4 is 28.2 Å². The van der Waals surface area contributed by atoms with E-state index in [9.17, 15) is 0 Å². The summed E-state index contributed by atoms with van der Waals surface area (Å²) >= 11 is 0. The van der Waals surface area contributed by atoms with Gasteiger partial charge in [0.15, 0.2) is 5.75 Å². The van der Waals surface area contributed by atoms with Crippen LogP contribution in [0.25, 0.3) is 11.0 Å². The molecule has 1 aliphatic heterocycles. The Labute approximate surface area is 190 Å². The first-order valence-electron chi connectivity index (χ1n) is 11.3. The first kappa shape index (κ1) is 20.7. The number of hydrogen-bond acceptors (Lipinski definition) is 3.